The molecule has 0 unspecified atom stereocenters. The smallest absolute Gasteiger partial charge is 0.142 e. The van der Waals surface area contributed by atoms with E-state index in [-0.39, 0.29) is 0 Å². The number of nitrogens with one attached hydrogen (secondary N) is 2. The second kappa shape index (κ2) is 8.85. The van der Waals surface area contributed by atoms with Crippen molar-refractivity contribution in [3.05, 3.63) is 72.1 Å². The molecule has 0 atom stereocenters. The molecule has 0 radical (unpaired) electrons. The number of aromatic nitrogens is 2. The van der Waals surface area contributed by atoms with E-state index < -0.39 is 0 Å². The molecule has 0 aliphatic carbocycles. The van der Waals surface area contributed by atoms with Gasteiger partial charge in [0.15, 0.2) is 0 Å². The number of anilines is 3. The zero-order valence-corrected chi connectivity index (χ0v) is 15.2. The van der Waals surface area contributed by atoms with Crippen LogP contribution in [0.4, 0.5) is 17.3 Å². The van der Waals surface area contributed by atoms with Crippen LogP contribution in [0.2, 0.25) is 0 Å². The average Bonchev–Trinajstić information content (AvgIpc) is 2.64. The van der Waals surface area contributed by atoms with Crippen molar-refractivity contribution in [2.75, 3.05) is 23.8 Å². The van der Waals surface area contributed by atoms with Crippen molar-refractivity contribution in [3.63, 3.8) is 0 Å². The van der Waals surface area contributed by atoms with Crippen molar-refractivity contribution in [3.8, 4) is 5.75 Å². The van der Waals surface area contributed by atoms with Crippen molar-refractivity contribution in [2.45, 2.75) is 20.3 Å². The molecule has 5 nitrogen and oxygen atoms in total. The molecule has 134 valence electrons. The van der Waals surface area contributed by atoms with Crippen LogP contribution in [-0.2, 0) is 6.42 Å². The van der Waals surface area contributed by atoms with Crippen molar-refractivity contribution in [2.24, 2.45) is 0 Å². The van der Waals surface area contributed by atoms with Crippen LogP contribution in [0.3, 0.4) is 0 Å². The van der Waals surface area contributed by atoms with Crippen LogP contribution in [0.25, 0.3) is 0 Å². The normalized spacial score (nSPS) is 10.4. The van der Waals surface area contributed by atoms with Crippen molar-refractivity contribution >= 4 is 17.3 Å². The van der Waals surface area contributed by atoms with Gasteiger partial charge in [-0.2, -0.15) is 0 Å². The van der Waals surface area contributed by atoms with Crippen LogP contribution in [0.5, 0.6) is 5.75 Å². The fourth-order valence-corrected chi connectivity index (χ4v) is 2.69. The Kier molecular flexibility index (Phi) is 6.04. The van der Waals surface area contributed by atoms with Crippen molar-refractivity contribution in [1.82, 2.24) is 9.97 Å². The Balaban J connectivity index is 1.68. The highest BCUT2D eigenvalue weighted by atomic mass is 16.5. The molecule has 0 saturated carbocycles. The summed E-state index contributed by atoms with van der Waals surface area (Å²) in [6.07, 6.45) is 0.944. The number of rotatable bonds is 8. The topological polar surface area (TPSA) is 59.1 Å². The van der Waals surface area contributed by atoms with Gasteiger partial charge in [0.1, 0.15) is 23.2 Å². The molecule has 2 aromatic carbocycles. The second-order valence-electron chi connectivity index (χ2n) is 5.90. The number of benzene rings is 2. The van der Waals surface area contributed by atoms with E-state index in [0.717, 1.165) is 36.0 Å². The fraction of sp³-hybridized carbons (Fsp3) is 0.238. The van der Waals surface area contributed by atoms with Crippen LogP contribution in [0, 0.1) is 6.92 Å². The predicted molar refractivity (Wildman–Crippen MR) is 106 cm³/mol. The number of aryl methyl sites for hydroxylation is 1. The van der Waals surface area contributed by atoms with Gasteiger partial charge in [-0.05, 0) is 38.0 Å². The molecule has 3 rings (SSSR count). The standard InChI is InChI=1S/C21H24N4O/c1-3-26-19-12-8-7-11-18(19)25-21-15-20(23-16(2)24-21)22-14-13-17-9-5-4-6-10-17/h4-12,15H,3,13-14H2,1-2H3,(H2,22,23,24,25). The molecule has 0 bridgehead atoms. The number of hydrogen-bond acceptors (Lipinski definition) is 5. The summed E-state index contributed by atoms with van der Waals surface area (Å²) < 4.78 is 5.66. The molecule has 0 fully saturated rings. The number of para-hydroxylation sites is 2. The van der Waals surface area contributed by atoms with E-state index in [1.165, 1.54) is 5.56 Å². The highest BCUT2D eigenvalue weighted by Crippen LogP contribution is 2.27. The molecular weight excluding hydrogens is 324 g/mol. The summed E-state index contributed by atoms with van der Waals surface area (Å²) in [5.41, 5.74) is 2.19. The molecule has 1 aromatic heterocycles. The molecule has 1 heterocycles. The van der Waals surface area contributed by atoms with Crippen LogP contribution in [0.1, 0.15) is 18.3 Å². The first-order chi connectivity index (χ1) is 12.7. The molecule has 2 N–H and O–H groups in total. The summed E-state index contributed by atoms with van der Waals surface area (Å²) in [5.74, 6) is 3.08. The summed E-state index contributed by atoms with van der Waals surface area (Å²) in [5, 5.41) is 6.71. The molecular formula is C21H24N4O. The van der Waals surface area contributed by atoms with Crippen LogP contribution in [0.15, 0.2) is 60.7 Å². The maximum atomic E-state index is 5.66. The van der Waals surface area contributed by atoms with Gasteiger partial charge in [0.05, 0.1) is 12.3 Å². The number of ether oxygens (including phenoxy) is 1. The van der Waals surface area contributed by atoms with Gasteiger partial charge >= 0.3 is 0 Å². The van der Waals surface area contributed by atoms with Crippen LogP contribution >= 0.6 is 0 Å². The minimum absolute atomic E-state index is 0.619. The lowest BCUT2D eigenvalue weighted by atomic mass is 10.1. The first-order valence-electron chi connectivity index (χ1n) is 8.87. The number of hydrogen-bond donors (Lipinski definition) is 2. The molecule has 0 aliphatic rings. The number of nitrogens with zero attached hydrogens (tertiary/aromatic N) is 2. The highest BCUT2D eigenvalue weighted by Gasteiger charge is 2.06. The third-order valence-electron chi connectivity index (χ3n) is 3.85. The van der Waals surface area contributed by atoms with E-state index in [2.05, 4.69) is 44.9 Å². The minimum atomic E-state index is 0.619. The molecule has 0 amide bonds. The lowest BCUT2D eigenvalue weighted by Crippen LogP contribution is -2.08. The molecule has 0 aliphatic heterocycles. The van der Waals surface area contributed by atoms with Crippen LogP contribution in [-0.4, -0.2) is 23.1 Å². The zero-order chi connectivity index (χ0) is 18.2. The molecule has 0 saturated heterocycles. The highest BCUT2D eigenvalue weighted by molar-refractivity contribution is 5.65. The Hall–Kier alpha value is -3.08. The Labute approximate surface area is 154 Å². The summed E-state index contributed by atoms with van der Waals surface area (Å²) in [6.45, 7) is 5.30. The minimum Gasteiger partial charge on any atom is -0.492 e. The van der Waals surface area contributed by atoms with E-state index in [9.17, 15) is 0 Å². The van der Waals surface area contributed by atoms with Gasteiger partial charge in [-0.15, -0.1) is 0 Å². The molecule has 5 heteroatoms. The maximum absolute atomic E-state index is 5.66. The predicted octanol–water partition coefficient (Wildman–Crippen LogP) is 4.58. The SMILES string of the molecule is CCOc1ccccc1Nc1cc(NCCc2ccccc2)nc(C)n1. The van der Waals surface area contributed by atoms with E-state index >= 15 is 0 Å². The quantitative estimate of drug-likeness (QED) is 0.624. The van der Waals surface area contributed by atoms with Gasteiger partial charge in [0, 0.05) is 12.6 Å². The zero-order valence-electron chi connectivity index (χ0n) is 15.2. The van der Waals surface area contributed by atoms with E-state index in [1.54, 1.807) is 0 Å². The summed E-state index contributed by atoms with van der Waals surface area (Å²) in [4.78, 5) is 8.95. The Morgan fingerprint density at radius 2 is 1.65 bits per heavy atom. The maximum Gasteiger partial charge on any atom is 0.142 e. The van der Waals surface area contributed by atoms with Gasteiger partial charge in [0.2, 0.25) is 0 Å². The average molecular weight is 348 g/mol. The van der Waals surface area contributed by atoms with Crippen LogP contribution < -0.4 is 15.4 Å². The summed E-state index contributed by atoms with van der Waals surface area (Å²) in [6, 6.07) is 20.2. The Bertz CT molecular complexity index is 836. The van der Waals surface area contributed by atoms with E-state index in [4.69, 9.17) is 4.74 Å². The van der Waals surface area contributed by atoms with Gasteiger partial charge in [-0.25, -0.2) is 9.97 Å². The van der Waals surface area contributed by atoms with Gasteiger partial charge < -0.3 is 15.4 Å². The summed E-state index contributed by atoms with van der Waals surface area (Å²) in [7, 11) is 0. The largest absolute Gasteiger partial charge is 0.492 e. The van der Waals surface area contributed by atoms with E-state index in [0.29, 0.717) is 12.4 Å². The Morgan fingerprint density at radius 3 is 2.46 bits per heavy atom. The molecule has 26 heavy (non-hydrogen) atoms. The monoisotopic (exact) mass is 348 g/mol. The van der Waals surface area contributed by atoms with Crippen molar-refractivity contribution in [1.29, 1.82) is 0 Å². The second-order valence-corrected chi connectivity index (χ2v) is 5.90. The van der Waals surface area contributed by atoms with Gasteiger partial charge in [0.25, 0.3) is 0 Å². The first kappa shape index (κ1) is 17.7. The lowest BCUT2D eigenvalue weighted by molar-refractivity contribution is 0.342. The van der Waals surface area contributed by atoms with Crippen molar-refractivity contribution < 1.29 is 4.74 Å². The fourth-order valence-electron chi connectivity index (χ4n) is 2.69. The van der Waals surface area contributed by atoms with E-state index in [1.807, 2.05) is 50.2 Å². The first-order valence-corrected chi connectivity index (χ1v) is 8.87. The third kappa shape index (κ3) is 4.96. The molecule has 3 aromatic rings. The van der Waals surface area contributed by atoms with Gasteiger partial charge in [-0.3, -0.25) is 0 Å². The van der Waals surface area contributed by atoms with Gasteiger partial charge in [-0.1, -0.05) is 42.5 Å². The Morgan fingerprint density at radius 1 is 0.923 bits per heavy atom. The lowest BCUT2D eigenvalue weighted by Gasteiger charge is -2.13. The molecule has 0 spiro atoms. The summed E-state index contributed by atoms with van der Waals surface area (Å²) >= 11 is 0. The third-order valence-corrected chi connectivity index (χ3v) is 3.85.